The van der Waals surface area contributed by atoms with Crippen LogP contribution in [0.2, 0.25) is 5.02 Å². The van der Waals surface area contributed by atoms with Gasteiger partial charge in [0.25, 0.3) is 0 Å². The van der Waals surface area contributed by atoms with Crippen LogP contribution in [0.25, 0.3) is 0 Å². The van der Waals surface area contributed by atoms with Gasteiger partial charge in [0.2, 0.25) is 0 Å². The third kappa shape index (κ3) is 1.44. The van der Waals surface area contributed by atoms with Crippen LogP contribution in [0.3, 0.4) is 0 Å². The maximum Gasteiger partial charge on any atom is 0.183 e. The maximum absolute atomic E-state index is 12.7. The van der Waals surface area contributed by atoms with E-state index >= 15 is 0 Å². The van der Waals surface area contributed by atoms with Gasteiger partial charge >= 0.3 is 0 Å². The Kier molecular flexibility index (Phi) is 2.31. The molecule has 1 rings (SSSR count). The molecule has 0 atom stereocenters. The molecule has 0 saturated carbocycles. The summed E-state index contributed by atoms with van der Waals surface area (Å²) in [6.07, 6.45) is 0. The van der Waals surface area contributed by atoms with Crippen molar-refractivity contribution in [3.63, 3.8) is 0 Å². The molecule has 0 aromatic heterocycles. The molecule has 0 aliphatic heterocycles. The Hall–Kier alpha value is -0.800. The zero-order valence-corrected chi connectivity index (χ0v) is 6.40. The van der Waals surface area contributed by atoms with E-state index in [9.17, 15) is 4.39 Å². The molecule has 1 aromatic carbocycles. The Labute approximate surface area is 68.4 Å². The summed E-state index contributed by atoms with van der Waals surface area (Å²) in [5.41, 5.74) is 5.72. The Balaban J connectivity index is 3.25. The van der Waals surface area contributed by atoms with Gasteiger partial charge in [-0.3, -0.25) is 0 Å². The van der Waals surface area contributed by atoms with Crippen molar-refractivity contribution in [1.82, 2.24) is 0 Å². The van der Waals surface area contributed by atoms with Crippen LogP contribution in [-0.2, 0) is 6.54 Å². The van der Waals surface area contributed by atoms with Crippen LogP contribution in [-0.4, -0.2) is 5.11 Å². The molecule has 0 radical (unpaired) electrons. The summed E-state index contributed by atoms with van der Waals surface area (Å²) in [5.74, 6) is -1.26. The van der Waals surface area contributed by atoms with Crippen LogP contribution in [0.5, 0.6) is 5.75 Å². The minimum absolute atomic E-state index is 0.104. The van der Waals surface area contributed by atoms with Gasteiger partial charge in [-0.25, -0.2) is 4.39 Å². The molecule has 0 aliphatic rings. The van der Waals surface area contributed by atoms with Gasteiger partial charge in [-0.05, 0) is 11.6 Å². The molecule has 2 nitrogen and oxygen atoms in total. The van der Waals surface area contributed by atoms with Gasteiger partial charge in [-0.2, -0.15) is 0 Å². The van der Waals surface area contributed by atoms with E-state index in [1.165, 1.54) is 12.1 Å². The molecular weight excluding hydrogens is 169 g/mol. The van der Waals surface area contributed by atoms with E-state index in [1.54, 1.807) is 0 Å². The minimum Gasteiger partial charge on any atom is -0.505 e. The summed E-state index contributed by atoms with van der Waals surface area (Å²) < 4.78 is 12.7. The second-order valence-corrected chi connectivity index (χ2v) is 2.45. The average Bonchev–Trinajstić information content (AvgIpc) is 2.01. The number of phenolic OH excluding ortho intramolecular Hbond substituents is 1. The summed E-state index contributed by atoms with van der Waals surface area (Å²) in [7, 11) is 0. The number of phenols is 1. The van der Waals surface area contributed by atoms with Crippen LogP contribution >= 0.6 is 11.6 Å². The molecule has 0 saturated heterocycles. The molecule has 11 heavy (non-hydrogen) atoms. The van der Waals surface area contributed by atoms with Crippen molar-refractivity contribution in [1.29, 1.82) is 0 Å². The Morgan fingerprint density at radius 1 is 1.55 bits per heavy atom. The van der Waals surface area contributed by atoms with E-state index in [0.29, 0.717) is 5.56 Å². The summed E-state index contributed by atoms with van der Waals surface area (Å²) in [4.78, 5) is 0. The third-order valence-electron chi connectivity index (χ3n) is 1.36. The molecule has 3 N–H and O–H groups in total. The quantitative estimate of drug-likeness (QED) is 0.682. The highest BCUT2D eigenvalue weighted by atomic mass is 35.5. The standard InChI is InChI=1S/C7H7ClFNO/c8-6-4(3-10)1-2-5(11)7(6)9/h1-2,11H,3,10H2. The zero-order chi connectivity index (χ0) is 8.43. The lowest BCUT2D eigenvalue weighted by atomic mass is 10.2. The molecule has 60 valence electrons. The minimum atomic E-state index is -0.811. The van der Waals surface area contributed by atoms with Crippen molar-refractivity contribution < 1.29 is 9.50 Å². The number of benzene rings is 1. The monoisotopic (exact) mass is 175 g/mol. The van der Waals surface area contributed by atoms with Gasteiger partial charge in [0.1, 0.15) is 0 Å². The third-order valence-corrected chi connectivity index (χ3v) is 1.77. The van der Waals surface area contributed by atoms with Gasteiger partial charge in [-0.1, -0.05) is 17.7 Å². The molecule has 0 unspecified atom stereocenters. The Morgan fingerprint density at radius 2 is 2.18 bits per heavy atom. The summed E-state index contributed by atoms with van der Waals surface area (Å²) >= 11 is 5.48. The van der Waals surface area contributed by atoms with Crippen LogP contribution in [0.1, 0.15) is 5.56 Å². The first kappa shape index (κ1) is 8.30. The second kappa shape index (κ2) is 3.07. The van der Waals surface area contributed by atoms with Crippen molar-refractivity contribution >= 4 is 11.6 Å². The molecular formula is C7H7ClFNO. The molecule has 0 heterocycles. The predicted molar refractivity (Wildman–Crippen MR) is 41.0 cm³/mol. The Morgan fingerprint density at radius 3 is 2.73 bits per heavy atom. The first-order valence-corrected chi connectivity index (χ1v) is 3.40. The van der Waals surface area contributed by atoms with Gasteiger partial charge in [0, 0.05) is 6.54 Å². The van der Waals surface area contributed by atoms with Gasteiger partial charge in [0.05, 0.1) is 5.02 Å². The molecule has 1 aromatic rings. The second-order valence-electron chi connectivity index (χ2n) is 2.08. The number of hydrogen-bond donors (Lipinski definition) is 2. The van der Waals surface area contributed by atoms with Crippen molar-refractivity contribution in [2.75, 3.05) is 0 Å². The van der Waals surface area contributed by atoms with Gasteiger partial charge in [-0.15, -0.1) is 0 Å². The molecule has 0 amide bonds. The first-order chi connectivity index (χ1) is 5.16. The lowest BCUT2D eigenvalue weighted by molar-refractivity contribution is 0.432. The first-order valence-electron chi connectivity index (χ1n) is 3.02. The molecule has 0 bridgehead atoms. The predicted octanol–water partition coefficient (Wildman–Crippen LogP) is 1.64. The van der Waals surface area contributed by atoms with Crippen molar-refractivity contribution in [2.24, 2.45) is 5.73 Å². The zero-order valence-electron chi connectivity index (χ0n) is 5.64. The summed E-state index contributed by atoms with van der Waals surface area (Å²) in [5, 5.41) is 8.72. The fourth-order valence-electron chi connectivity index (χ4n) is 0.737. The van der Waals surface area contributed by atoms with Crippen molar-refractivity contribution in [2.45, 2.75) is 6.54 Å². The van der Waals surface area contributed by atoms with Crippen LogP contribution in [0, 0.1) is 5.82 Å². The Bertz CT molecular complexity index is 277. The lowest BCUT2D eigenvalue weighted by Crippen LogP contribution is -1.98. The summed E-state index contributed by atoms with van der Waals surface area (Å²) in [6, 6.07) is 2.71. The SMILES string of the molecule is NCc1ccc(O)c(F)c1Cl. The van der Waals surface area contributed by atoms with Crippen LogP contribution in [0.4, 0.5) is 4.39 Å². The average molecular weight is 176 g/mol. The maximum atomic E-state index is 12.7. The lowest BCUT2D eigenvalue weighted by Gasteiger charge is -2.02. The van der Waals surface area contributed by atoms with E-state index < -0.39 is 11.6 Å². The highest BCUT2D eigenvalue weighted by Gasteiger charge is 2.08. The van der Waals surface area contributed by atoms with E-state index in [4.69, 9.17) is 22.4 Å². The van der Waals surface area contributed by atoms with Gasteiger partial charge < -0.3 is 10.8 Å². The molecule has 0 aliphatic carbocycles. The molecule has 0 spiro atoms. The number of aromatic hydroxyl groups is 1. The van der Waals surface area contributed by atoms with Crippen molar-refractivity contribution in [3.8, 4) is 5.75 Å². The van der Waals surface area contributed by atoms with E-state index in [-0.39, 0.29) is 11.6 Å². The normalized spacial score (nSPS) is 10.1. The number of rotatable bonds is 1. The fourth-order valence-corrected chi connectivity index (χ4v) is 0.974. The number of halogens is 2. The van der Waals surface area contributed by atoms with Crippen LogP contribution < -0.4 is 5.73 Å². The summed E-state index contributed by atoms with van der Waals surface area (Å²) in [6.45, 7) is 0.163. The molecule has 0 fully saturated rings. The van der Waals surface area contributed by atoms with Crippen LogP contribution in [0.15, 0.2) is 12.1 Å². The largest absolute Gasteiger partial charge is 0.505 e. The van der Waals surface area contributed by atoms with E-state index in [1.807, 2.05) is 0 Å². The number of hydrogen-bond acceptors (Lipinski definition) is 2. The topological polar surface area (TPSA) is 46.2 Å². The molecule has 4 heteroatoms. The highest BCUT2D eigenvalue weighted by Crippen LogP contribution is 2.26. The smallest absolute Gasteiger partial charge is 0.183 e. The highest BCUT2D eigenvalue weighted by molar-refractivity contribution is 6.31. The number of nitrogens with two attached hydrogens (primary N) is 1. The van der Waals surface area contributed by atoms with Gasteiger partial charge in [0.15, 0.2) is 11.6 Å². The van der Waals surface area contributed by atoms with Crippen molar-refractivity contribution in [3.05, 3.63) is 28.5 Å². The van der Waals surface area contributed by atoms with E-state index in [2.05, 4.69) is 0 Å². The van der Waals surface area contributed by atoms with E-state index in [0.717, 1.165) is 0 Å². The fraction of sp³-hybridized carbons (Fsp3) is 0.143.